The Morgan fingerprint density at radius 3 is 3.10 bits per heavy atom. The Morgan fingerprint density at radius 1 is 1.70 bits per heavy atom. The fraction of sp³-hybridized carbons (Fsp3) is 0. The Bertz CT molecular complexity index is 276. The third-order valence-electron chi connectivity index (χ3n) is 1.08. The Labute approximate surface area is 58.8 Å². The molecule has 1 aliphatic rings. The molecule has 0 aromatic heterocycles. The first kappa shape index (κ1) is 6.41. The van der Waals surface area contributed by atoms with Crippen LogP contribution in [0.25, 0.3) is 0 Å². The van der Waals surface area contributed by atoms with Gasteiger partial charge in [0, 0.05) is 12.2 Å². The van der Waals surface area contributed by atoms with Gasteiger partial charge in [0.2, 0.25) is 6.29 Å². The van der Waals surface area contributed by atoms with Gasteiger partial charge in [-0.3, -0.25) is 0 Å². The molecule has 0 aliphatic heterocycles. The van der Waals surface area contributed by atoms with E-state index in [4.69, 9.17) is 5.26 Å². The maximum Gasteiger partial charge on any atom is 0.239 e. The summed E-state index contributed by atoms with van der Waals surface area (Å²) in [6.07, 6.45) is 8.00. The average Bonchev–Trinajstić information content (AvgIpc) is 2.05. The van der Waals surface area contributed by atoms with Crippen molar-refractivity contribution in [1.29, 1.82) is 5.26 Å². The first-order chi connectivity index (χ1) is 4.86. The highest BCUT2D eigenvalue weighted by molar-refractivity contribution is 5.79. The Balaban J connectivity index is 2.97. The van der Waals surface area contributed by atoms with Crippen molar-refractivity contribution in [2.45, 2.75) is 0 Å². The molecule has 46 valence electrons. The van der Waals surface area contributed by atoms with E-state index < -0.39 is 0 Å². The van der Waals surface area contributed by atoms with Gasteiger partial charge in [0.05, 0.1) is 12.2 Å². The summed E-state index contributed by atoms with van der Waals surface area (Å²) in [6, 6.07) is 1.92. The van der Waals surface area contributed by atoms with Gasteiger partial charge in [0.15, 0.2) is 5.57 Å². The summed E-state index contributed by atoms with van der Waals surface area (Å²) in [5.74, 6) is 0. The number of hydrogen-bond acceptors (Lipinski definition) is 2. The summed E-state index contributed by atoms with van der Waals surface area (Å²) < 4.78 is 0. The summed E-state index contributed by atoms with van der Waals surface area (Å²) in [6.45, 7) is 0. The minimum absolute atomic E-state index is 0.416. The maximum absolute atomic E-state index is 10.1. The molecule has 0 amide bonds. The standard InChI is InChI=1S/C8H4NO/c9-5-7-2-1-3-8(4-7)6-10/h1-2,4,6H/q+1. The maximum atomic E-state index is 10.1. The summed E-state index contributed by atoms with van der Waals surface area (Å²) in [7, 11) is 0. The van der Waals surface area contributed by atoms with Crippen LogP contribution < -0.4 is 0 Å². The van der Waals surface area contributed by atoms with Crippen LogP contribution >= 0.6 is 0 Å². The van der Waals surface area contributed by atoms with Gasteiger partial charge in [-0.1, -0.05) is 0 Å². The lowest BCUT2D eigenvalue weighted by Gasteiger charge is -1.83. The van der Waals surface area contributed by atoms with Crippen LogP contribution in [0.1, 0.15) is 0 Å². The molecule has 0 heterocycles. The fourth-order valence-electron chi connectivity index (χ4n) is 0.623. The number of aldehydes is 1. The molecule has 0 N–H and O–H groups in total. The van der Waals surface area contributed by atoms with Gasteiger partial charge < -0.3 is 0 Å². The van der Waals surface area contributed by atoms with Crippen molar-refractivity contribution in [3.8, 4) is 6.07 Å². The molecule has 0 unspecified atom stereocenters. The van der Waals surface area contributed by atoms with Crippen LogP contribution in [0.3, 0.4) is 0 Å². The van der Waals surface area contributed by atoms with E-state index in [1.165, 1.54) is 6.08 Å². The average molecular weight is 130 g/mol. The lowest BCUT2D eigenvalue weighted by Crippen LogP contribution is -1.85. The number of rotatable bonds is 1. The first-order valence-corrected chi connectivity index (χ1v) is 2.74. The topological polar surface area (TPSA) is 40.9 Å². The van der Waals surface area contributed by atoms with Gasteiger partial charge >= 0.3 is 0 Å². The first-order valence-electron chi connectivity index (χ1n) is 2.74. The summed E-state index contributed by atoms with van der Waals surface area (Å²) in [5.41, 5.74) is 0.903. The third kappa shape index (κ3) is 1.17. The molecule has 0 atom stereocenters. The number of allylic oxidation sites excluding steroid dienone is 6. The zero-order valence-electron chi connectivity index (χ0n) is 5.16. The Kier molecular flexibility index (Phi) is 1.75. The van der Waals surface area contributed by atoms with E-state index in [1.807, 2.05) is 6.07 Å². The van der Waals surface area contributed by atoms with E-state index in [0.717, 1.165) is 0 Å². The van der Waals surface area contributed by atoms with E-state index in [0.29, 0.717) is 17.4 Å². The number of nitriles is 1. The SMILES string of the molecule is N#CC1=CC(C=O)=[C+]C=C1. The largest absolute Gasteiger partial charge is 0.239 e. The van der Waals surface area contributed by atoms with E-state index in [-0.39, 0.29) is 0 Å². The monoisotopic (exact) mass is 130 g/mol. The van der Waals surface area contributed by atoms with Crippen molar-refractivity contribution < 1.29 is 4.79 Å². The van der Waals surface area contributed by atoms with Crippen molar-refractivity contribution >= 4 is 6.29 Å². The highest BCUT2D eigenvalue weighted by atomic mass is 16.1. The summed E-state index contributed by atoms with van der Waals surface area (Å²) in [5, 5.41) is 8.38. The van der Waals surface area contributed by atoms with Crippen molar-refractivity contribution in [1.82, 2.24) is 0 Å². The molecule has 0 aromatic rings. The Morgan fingerprint density at radius 2 is 2.50 bits per heavy atom. The predicted octanol–water partition coefficient (Wildman–Crippen LogP) is 0.935. The lowest BCUT2D eigenvalue weighted by molar-refractivity contribution is -0.104. The third-order valence-corrected chi connectivity index (χ3v) is 1.08. The van der Waals surface area contributed by atoms with Crippen LogP contribution in [0.2, 0.25) is 0 Å². The minimum Gasteiger partial charge on any atom is -0.238 e. The van der Waals surface area contributed by atoms with Crippen LogP contribution in [0, 0.1) is 17.4 Å². The van der Waals surface area contributed by atoms with Crippen LogP contribution in [-0.4, -0.2) is 6.29 Å². The number of carbonyl (C=O) groups is 1. The number of carbonyl (C=O) groups excluding carboxylic acids is 1. The normalized spacial score (nSPS) is 14.3. The second kappa shape index (κ2) is 2.72. The van der Waals surface area contributed by atoms with E-state index in [9.17, 15) is 4.79 Å². The van der Waals surface area contributed by atoms with Gasteiger partial charge in [-0.05, 0) is 0 Å². The molecule has 10 heavy (non-hydrogen) atoms. The van der Waals surface area contributed by atoms with E-state index in [2.05, 4.69) is 6.08 Å². The lowest BCUT2D eigenvalue weighted by atomic mass is 10.1. The molecule has 0 fully saturated rings. The van der Waals surface area contributed by atoms with Crippen molar-refractivity contribution in [3.05, 3.63) is 35.5 Å². The van der Waals surface area contributed by atoms with Crippen LogP contribution in [-0.2, 0) is 4.79 Å². The van der Waals surface area contributed by atoms with Crippen LogP contribution in [0.15, 0.2) is 29.4 Å². The fourth-order valence-corrected chi connectivity index (χ4v) is 0.623. The second-order valence-electron chi connectivity index (χ2n) is 1.76. The van der Waals surface area contributed by atoms with Gasteiger partial charge in [-0.2, -0.15) is 5.26 Å². The zero-order valence-corrected chi connectivity index (χ0v) is 5.16. The van der Waals surface area contributed by atoms with Gasteiger partial charge in [0.25, 0.3) is 0 Å². The Hall–Kier alpha value is -1.71. The molecule has 0 bridgehead atoms. The quantitative estimate of drug-likeness (QED) is 0.391. The molecular formula is C8H4NO+. The summed E-state index contributed by atoms with van der Waals surface area (Å²) >= 11 is 0. The second-order valence-corrected chi connectivity index (χ2v) is 1.76. The van der Waals surface area contributed by atoms with E-state index >= 15 is 0 Å². The molecule has 0 aromatic carbocycles. The molecule has 2 heteroatoms. The highest BCUT2D eigenvalue weighted by Gasteiger charge is 2.06. The molecule has 0 spiro atoms. The number of hydrogen-bond donors (Lipinski definition) is 0. The predicted molar refractivity (Wildman–Crippen MR) is 35.7 cm³/mol. The van der Waals surface area contributed by atoms with Gasteiger partial charge in [-0.15, -0.1) is 0 Å². The molecular weight excluding hydrogens is 126 g/mol. The van der Waals surface area contributed by atoms with Crippen LogP contribution in [0.4, 0.5) is 0 Å². The molecule has 2 nitrogen and oxygen atoms in total. The smallest absolute Gasteiger partial charge is 0.238 e. The number of nitrogens with zero attached hydrogens (tertiary/aromatic N) is 1. The van der Waals surface area contributed by atoms with Crippen molar-refractivity contribution in [2.75, 3.05) is 0 Å². The van der Waals surface area contributed by atoms with Gasteiger partial charge in [-0.25, -0.2) is 4.79 Å². The van der Waals surface area contributed by atoms with Crippen molar-refractivity contribution in [3.63, 3.8) is 0 Å². The van der Waals surface area contributed by atoms with Crippen molar-refractivity contribution in [2.24, 2.45) is 0 Å². The zero-order chi connectivity index (χ0) is 7.40. The van der Waals surface area contributed by atoms with Crippen LogP contribution in [0.5, 0.6) is 0 Å². The molecule has 0 radical (unpaired) electrons. The van der Waals surface area contributed by atoms with Gasteiger partial charge in [0.1, 0.15) is 11.6 Å². The molecule has 1 aliphatic carbocycles. The minimum atomic E-state index is 0.416. The molecule has 1 rings (SSSR count). The van der Waals surface area contributed by atoms with E-state index in [1.54, 1.807) is 12.2 Å². The molecule has 0 saturated carbocycles. The molecule has 0 saturated heterocycles. The summed E-state index contributed by atoms with van der Waals surface area (Å²) in [4.78, 5) is 10.1. The highest BCUT2D eigenvalue weighted by Crippen LogP contribution is 2.06.